The topological polar surface area (TPSA) is 31.0 Å². The van der Waals surface area contributed by atoms with Gasteiger partial charge in [0.05, 0.1) is 16.7 Å². The molecule has 242 valence electrons. The summed E-state index contributed by atoms with van der Waals surface area (Å²) in [5.74, 6) is 0. The van der Waals surface area contributed by atoms with Crippen molar-refractivity contribution in [3.05, 3.63) is 182 Å². The molecule has 7 aromatic carbocycles. The van der Waals surface area contributed by atoms with Gasteiger partial charge in [0.2, 0.25) is 0 Å². The predicted molar refractivity (Wildman–Crippen MR) is 217 cm³/mol. The maximum absolute atomic E-state index is 6.81. The van der Waals surface area contributed by atoms with E-state index < -0.39 is 15.8 Å². The van der Waals surface area contributed by atoms with Gasteiger partial charge in [0, 0.05) is 10.8 Å². The zero-order chi connectivity index (χ0) is 33.9. The first kappa shape index (κ1) is 31.9. The van der Waals surface area contributed by atoms with E-state index in [4.69, 9.17) is 9.40 Å². The Hall–Kier alpha value is -5.33. The molecular weight excluding hydrogens is 646 g/mol. The van der Waals surface area contributed by atoms with Crippen molar-refractivity contribution >= 4 is 80.6 Å². The van der Waals surface area contributed by atoms with E-state index in [1.54, 1.807) is 0 Å². The van der Waals surface area contributed by atoms with Crippen LogP contribution in [0.4, 0.5) is 0 Å². The van der Waals surface area contributed by atoms with Crippen molar-refractivity contribution in [1.82, 2.24) is 9.55 Å². The number of nitrogens with zero attached hydrogens (tertiary/aromatic N) is 2. The van der Waals surface area contributed by atoms with Gasteiger partial charge in [0.15, 0.2) is 5.58 Å². The maximum Gasteiger partial charge on any atom is 0.159 e. The lowest BCUT2D eigenvalue weighted by atomic mass is 10.1. The van der Waals surface area contributed by atoms with Crippen LogP contribution in [0.25, 0.3) is 38.7 Å². The van der Waals surface area contributed by atoms with Gasteiger partial charge < -0.3 is 4.42 Å². The van der Waals surface area contributed by atoms with Crippen molar-refractivity contribution in [2.75, 3.05) is 0 Å². The Kier molecular flexibility index (Phi) is 9.10. The van der Waals surface area contributed by atoms with Crippen molar-refractivity contribution in [2.45, 2.75) is 13.8 Å². The van der Waals surface area contributed by atoms with E-state index in [1.165, 1.54) is 31.8 Å². The third-order valence-electron chi connectivity index (χ3n) is 8.81. The van der Waals surface area contributed by atoms with Gasteiger partial charge in [-0.1, -0.05) is 153 Å². The van der Waals surface area contributed by atoms with Crippen molar-refractivity contribution in [3.8, 4) is 5.69 Å². The Morgan fingerprint density at radius 1 is 0.460 bits per heavy atom. The summed E-state index contributed by atoms with van der Waals surface area (Å²) < 4.78 is 9.00. The molecule has 5 heteroatoms. The first-order valence-corrected chi connectivity index (χ1v) is 19.7. The van der Waals surface area contributed by atoms with Crippen LogP contribution in [0.2, 0.25) is 0 Å². The third-order valence-corrected chi connectivity index (χ3v) is 13.6. The summed E-state index contributed by atoms with van der Waals surface area (Å²) in [5, 5.41) is 10.1. The summed E-state index contributed by atoms with van der Waals surface area (Å²) in [4.78, 5) is 4.78. The molecule has 0 saturated heterocycles. The van der Waals surface area contributed by atoms with Crippen molar-refractivity contribution in [2.24, 2.45) is 0 Å². The number of furan rings is 1. The number of fused-ring (bicyclic) bond motifs is 4. The first-order chi connectivity index (χ1) is 24.8. The van der Waals surface area contributed by atoms with Crippen LogP contribution in [0.15, 0.2) is 187 Å². The summed E-state index contributed by atoms with van der Waals surface area (Å²) in [7, 11) is -1.62. The van der Waals surface area contributed by atoms with Crippen LogP contribution in [0.3, 0.4) is 0 Å². The van der Waals surface area contributed by atoms with Gasteiger partial charge in [-0.25, -0.2) is 4.98 Å². The lowest BCUT2D eigenvalue weighted by molar-refractivity contribution is 0.666. The summed E-state index contributed by atoms with van der Waals surface area (Å²) >= 11 is 0. The van der Waals surface area contributed by atoms with Crippen molar-refractivity contribution in [1.29, 1.82) is 0 Å². The monoisotopic (exact) mass is 682 g/mol. The molecule has 2 aromatic heterocycles. The third kappa shape index (κ3) is 5.94. The largest absolute Gasteiger partial charge is 0.454 e. The highest BCUT2D eigenvalue weighted by molar-refractivity contribution is 7.80. The minimum atomic E-state index is -0.855. The Morgan fingerprint density at radius 2 is 0.940 bits per heavy atom. The van der Waals surface area contributed by atoms with E-state index in [0.717, 1.165) is 38.7 Å². The zero-order valence-electron chi connectivity index (χ0n) is 28.0. The molecule has 0 aliphatic rings. The van der Waals surface area contributed by atoms with E-state index in [-0.39, 0.29) is 0 Å². The standard InChI is InChI=1S/C43H30N2OP2.C2H6/c1-5-15-31(16-6-1)47(32-17-7-2-8-18-32)35-25-26-42-37(27-35)38-28-36(48(33-19-9-3-10-20-33)34-21-11-4-12-22-34)29-41(43(38)46-42)45-30-44-39-23-13-14-24-40(39)45;1-2/h1-30H;1-2H3. The van der Waals surface area contributed by atoms with Gasteiger partial charge in [-0.15, -0.1) is 0 Å². The molecule has 0 bridgehead atoms. The lowest BCUT2D eigenvalue weighted by Crippen LogP contribution is -2.21. The molecule has 0 saturated carbocycles. The van der Waals surface area contributed by atoms with Crippen LogP contribution in [0.1, 0.15) is 13.8 Å². The molecule has 9 aromatic rings. The SMILES string of the molecule is CC.c1ccc(P(c2ccccc2)c2ccc3oc4c(-n5cnc6ccccc65)cc(P(c5ccccc5)c5ccccc5)cc4c3c2)cc1. The highest BCUT2D eigenvalue weighted by Gasteiger charge is 2.24. The van der Waals surface area contributed by atoms with Gasteiger partial charge in [0.1, 0.15) is 11.9 Å². The summed E-state index contributed by atoms with van der Waals surface area (Å²) in [6, 6.07) is 63.4. The fraction of sp³-hybridized carbons (Fsp3) is 0.0444. The predicted octanol–water partition coefficient (Wildman–Crippen LogP) is 9.47. The lowest BCUT2D eigenvalue weighted by Gasteiger charge is -2.21. The van der Waals surface area contributed by atoms with Crippen LogP contribution < -0.4 is 31.8 Å². The van der Waals surface area contributed by atoms with Gasteiger partial charge in [-0.2, -0.15) is 0 Å². The maximum atomic E-state index is 6.81. The Morgan fingerprint density at radius 3 is 1.50 bits per heavy atom. The molecule has 3 nitrogen and oxygen atoms in total. The fourth-order valence-electron chi connectivity index (χ4n) is 6.63. The van der Waals surface area contributed by atoms with E-state index in [1.807, 2.05) is 26.2 Å². The average molecular weight is 683 g/mol. The van der Waals surface area contributed by atoms with Crippen molar-refractivity contribution in [3.63, 3.8) is 0 Å². The molecule has 0 aliphatic heterocycles. The Balaban J connectivity index is 0.00000177. The molecule has 9 rings (SSSR count). The minimum absolute atomic E-state index is 0.768. The number of para-hydroxylation sites is 2. The Bertz CT molecular complexity index is 2430. The summed E-state index contributed by atoms with van der Waals surface area (Å²) in [6.45, 7) is 4.00. The number of benzene rings is 7. The highest BCUT2D eigenvalue weighted by Crippen LogP contribution is 2.41. The minimum Gasteiger partial charge on any atom is -0.454 e. The van der Waals surface area contributed by atoms with Crippen LogP contribution in [-0.2, 0) is 0 Å². The molecule has 2 heterocycles. The first-order valence-electron chi connectivity index (χ1n) is 17.0. The molecule has 0 N–H and O–H groups in total. The second kappa shape index (κ2) is 14.3. The smallest absolute Gasteiger partial charge is 0.159 e. The normalized spacial score (nSPS) is 11.4. The van der Waals surface area contributed by atoms with Gasteiger partial charge in [0.25, 0.3) is 0 Å². The molecule has 0 spiro atoms. The Labute approximate surface area is 295 Å². The van der Waals surface area contributed by atoms with E-state index >= 15 is 0 Å². The molecule has 50 heavy (non-hydrogen) atoms. The second-order valence-corrected chi connectivity index (χ2v) is 16.2. The number of imidazole rings is 1. The number of hydrogen-bond donors (Lipinski definition) is 0. The second-order valence-electron chi connectivity index (χ2n) is 11.7. The zero-order valence-corrected chi connectivity index (χ0v) is 29.8. The summed E-state index contributed by atoms with van der Waals surface area (Å²) in [6.07, 6.45) is 1.93. The van der Waals surface area contributed by atoms with Crippen LogP contribution in [-0.4, -0.2) is 9.55 Å². The molecule has 0 unspecified atom stereocenters. The van der Waals surface area contributed by atoms with Gasteiger partial charge in [-0.05, 0) is 84.1 Å². The molecule has 0 atom stereocenters. The average Bonchev–Trinajstić information content (AvgIpc) is 3.79. The molecular formula is C45H36N2OP2. The number of hydrogen-bond acceptors (Lipinski definition) is 2. The van der Waals surface area contributed by atoms with Gasteiger partial charge >= 0.3 is 0 Å². The van der Waals surface area contributed by atoms with Crippen LogP contribution >= 0.6 is 15.8 Å². The highest BCUT2D eigenvalue weighted by atomic mass is 31.1. The molecule has 0 radical (unpaired) electrons. The van der Waals surface area contributed by atoms with E-state index in [0.29, 0.717) is 0 Å². The van der Waals surface area contributed by atoms with Crippen LogP contribution in [0, 0.1) is 0 Å². The molecule has 0 amide bonds. The van der Waals surface area contributed by atoms with E-state index in [9.17, 15) is 0 Å². The molecule has 0 fully saturated rings. The molecule has 0 aliphatic carbocycles. The number of aromatic nitrogens is 2. The quantitative estimate of drug-likeness (QED) is 0.157. The summed E-state index contributed by atoms with van der Waals surface area (Å²) in [5.41, 5.74) is 4.77. The van der Waals surface area contributed by atoms with E-state index in [2.05, 4.69) is 174 Å². The van der Waals surface area contributed by atoms with Gasteiger partial charge in [-0.3, -0.25) is 4.57 Å². The fourth-order valence-corrected chi connectivity index (χ4v) is 11.3. The van der Waals surface area contributed by atoms with Crippen LogP contribution in [0.5, 0.6) is 0 Å². The van der Waals surface area contributed by atoms with Crippen molar-refractivity contribution < 1.29 is 4.42 Å². The number of rotatable bonds is 7.